The van der Waals surface area contributed by atoms with Crippen molar-refractivity contribution in [1.29, 1.82) is 0 Å². The van der Waals surface area contributed by atoms with Gasteiger partial charge in [0.2, 0.25) is 0 Å². The van der Waals surface area contributed by atoms with E-state index in [-0.39, 0.29) is 0 Å². The monoisotopic (exact) mass is 203 g/mol. The number of nitrogens with zero attached hydrogens (tertiary/aromatic N) is 1. The van der Waals surface area contributed by atoms with E-state index in [1.807, 2.05) is 18.2 Å². The smallest absolute Gasteiger partial charge is 0.174 e. The molecule has 0 aliphatic rings. The Balaban J connectivity index is 2.56. The second-order valence-electron chi connectivity index (χ2n) is 2.94. The van der Waals surface area contributed by atoms with E-state index in [1.54, 1.807) is 20.4 Å². The van der Waals surface area contributed by atoms with Gasteiger partial charge in [-0.3, -0.25) is 0 Å². The number of para-hydroxylation sites is 1. The molecule has 0 amide bonds. The predicted molar refractivity (Wildman–Crippen MR) is 56.0 cm³/mol. The highest BCUT2D eigenvalue weighted by atomic mass is 16.5. The first kappa shape index (κ1) is 9.58. The van der Waals surface area contributed by atoms with Gasteiger partial charge in [0, 0.05) is 11.8 Å². The molecule has 15 heavy (non-hydrogen) atoms. The second kappa shape index (κ2) is 4.04. The molecule has 77 valence electrons. The molecule has 1 radical (unpaired) electrons. The molecule has 0 saturated heterocycles. The van der Waals surface area contributed by atoms with E-state index >= 15 is 0 Å². The number of hydrogen-bond donors (Lipinski definition) is 1. The summed E-state index contributed by atoms with van der Waals surface area (Å²) in [6, 6.07) is 5.66. The van der Waals surface area contributed by atoms with Crippen LogP contribution in [0.4, 0.5) is 0 Å². The number of rotatable bonds is 3. The van der Waals surface area contributed by atoms with Gasteiger partial charge in [0.05, 0.1) is 19.9 Å². The van der Waals surface area contributed by atoms with Gasteiger partial charge in [0.1, 0.15) is 0 Å². The zero-order valence-electron chi connectivity index (χ0n) is 8.57. The van der Waals surface area contributed by atoms with Crippen LogP contribution >= 0.6 is 0 Å². The van der Waals surface area contributed by atoms with Crippen molar-refractivity contribution < 1.29 is 9.47 Å². The van der Waals surface area contributed by atoms with E-state index in [9.17, 15) is 0 Å². The van der Waals surface area contributed by atoms with E-state index < -0.39 is 0 Å². The number of aromatic amines is 1. The summed E-state index contributed by atoms with van der Waals surface area (Å²) in [6.45, 7) is 0. The van der Waals surface area contributed by atoms with Gasteiger partial charge in [0.15, 0.2) is 17.8 Å². The minimum Gasteiger partial charge on any atom is -0.493 e. The standard InChI is InChI=1S/C11H11N2O2/c1-14-10-5-3-4-8(11(10)15-2)9-6-12-7-13-9/h3-6H,1-2H3,(H,12,13). The van der Waals surface area contributed by atoms with Crippen LogP contribution in [-0.4, -0.2) is 24.2 Å². The largest absolute Gasteiger partial charge is 0.493 e. The quantitative estimate of drug-likeness (QED) is 0.828. The molecule has 0 bridgehead atoms. The van der Waals surface area contributed by atoms with Crippen molar-refractivity contribution in [2.45, 2.75) is 0 Å². The molecule has 1 heterocycles. The van der Waals surface area contributed by atoms with Gasteiger partial charge in [-0.05, 0) is 12.1 Å². The number of H-pyrrole nitrogens is 1. The van der Waals surface area contributed by atoms with Crippen molar-refractivity contribution in [3.05, 3.63) is 30.7 Å². The van der Waals surface area contributed by atoms with E-state index in [0.29, 0.717) is 11.5 Å². The topological polar surface area (TPSA) is 47.1 Å². The molecule has 0 aliphatic carbocycles. The average Bonchev–Trinajstić information content (AvgIpc) is 2.81. The van der Waals surface area contributed by atoms with E-state index in [0.717, 1.165) is 11.3 Å². The summed E-state index contributed by atoms with van der Waals surface area (Å²) < 4.78 is 10.5. The van der Waals surface area contributed by atoms with Crippen LogP contribution in [0.5, 0.6) is 11.5 Å². The normalized spacial score (nSPS) is 10.0. The first-order valence-electron chi connectivity index (χ1n) is 4.49. The molecule has 1 aromatic carbocycles. The summed E-state index contributed by atoms with van der Waals surface area (Å²) in [5, 5.41) is 0. The number of aromatic nitrogens is 2. The lowest BCUT2D eigenvalue weighted by Gasteiger charge is -2.10. The highest BCUT2D eigenvalue weighted by Crippen LogP contribution is 2.36. The molecule has 2 rings (SSSR count). The van der Waals surface area contributed by atoms with Crippen LogP contribution in [0.25, 0.3) is 11.3 Å². The number of methoxy groups -OCH3 is 2. The van der Waals surface area contributed by atoms with Crippen molar-refractivity contribution in [3.8, 4) is 22.8 Å². The van der Waals surface area contributed by atoms with Gasteiger partial charge in [-0.25, -0.2) is 4.98 Å². The number of nitrogens with one attached hydrogen (secondary N) is 1. The Morgan fingerprint density at radius 2 is 2.13 bits per heavy atom. The minimum absolute atomic E-state index is 0.681. The average molecular weight is 203 g/mol. The molecule has 0 saturated carbocycles. The van der Waals surface area contributed by atoms with Crippen molar-refractivity contribution in [1.82, 2.24) is 9.97 Å². The summed E-state index contributed by atoms with van der Waals surface area (Å²) in [7, 11) is 3.22. The summed E-state index contributed by atoms with van der Waals surface area (Å²) in [5.74, 6) is 1.37. The second-order valence-corrected chi connectivity index (χ2v) is 2.94. The van der Waals surface area contributed by atoms with Crippen LogP contribution in [0.2, 0.25) is 0 Å². The predicted octanol–water partition coefficient (Wildman–Crippen LogP) is 1.89. The third kappa shape index (κ3) is 1.66. The Hall–Kier alpha value is -1.97. The molecule has 2 aromatic rings. The van der Waals surface area contributed by atoms with Crippen LogP contribution < -0.4 is 9.47 Å². The minimum atomic E-state index is 0.681. The Bertz CT molecular complexity index is 438. The van der Waals surface area contributed by atoms with E-state index in [1.165, 1.54) is 0 Å². The Labute approximate surface area is 87.9 Å². The van der Waals surface area contributed by atoms with Gasteiger partial charge in [-0.15, -0.1) is 0 Å². The van der Waals surface area contributed by atoms with Gasteiger partial charge in [0.25, 0.3) is 0 Å². The summed E-state index contributed by atoms with van der Waals surface area (Å²) in [4.78, 5) is 6.84. The molecule has 1 aromatic heterocycles. The van der Waals surface area contributed by atoms with E-state index in [4.69, 9.17) is 9.47 Å². The van der Waals surface area contributed by atoms with Crippen LogP contribution in [0, 0.1) is 6.33 Å². The fourth-order valence-electron chi connectivity index (χ4n) is 1.45. The molecule has 1 N–H and O–H groups in total. The fourth-order valence-corrected chi connectivity index (χ4v) is 1.45. The van der Waals surface area contributed by atoms with Gasteiger partial charge < -0.3 is 14.5 Å². The maximum Gasteiger partial charge on any atom is 0.174 e. The number of ether oxygens (including phenoxy) is 2. The molecular formula is C11H11N2O2. The zero-order chi connectivity index (χ0) is 10.7. The number of imidazole rings is 1. The summed E-state index contributed by atoms with van der Waals surface area (Å²) in [6.07, 6.45) is 4.41. The van der Waals surface area contributed by atoms with Crippen LogP contribution in [-0.2, 0) is 0 Å². The maximum absolute atomic E-state index is 5.30. The SMILES string of the molecule is COc1cccc(-c2c[nH][c]n2)c1OC. The Morgan fingerprint density at radius 1 is 1.27 bits per heavy atom. The molecular weight excluding hydrogens is 192 g/mol. The molecule has 4 nitrogen and oxygen atoms in total. The third-order valence-corrected chi connectivity index (χ3v) is 2.13. The van der Waals surface area contributed by atoms with Gasteiger partial charge >= 0.3 is 0 Å². The van der Waals surface area contributed by atoms with Crippen molar-refractivity contribution >= 4 is 0 Å². The molecule has 0 unspecified atom stereocenters. The lowest BCUT2D eigenvalue weighted by molar-refractivity contribution is 0.356. The Morgan fingerprint density at radius 3 is 2.73 bits per heavy atom. The first-order chi connectivity index (χ1) is 7.36. The fraction of sp³-hybridized carbons (Fsp3) is 0.182. The Kier molecular flexibility index (Phi) is 2.58. The van der Waals surface area contributed by atoms with Gasteiger partial charge in [-0.2, -0.15) is 0 Å². The highest BCUT2D eigenvalue weighted by molar-refractivity contribution is 5.70. The lowest BCUT2D eigenvalue weighted by Crippen LogP contribution is -1.93. The molecule has 0 aliphatic heterocycles. The highest BCUT2D eigenvalue weighted by Gasteiger charge is 2.12. The van der Waals surface area contributed by atoms with Gasteiger partial charge in [-0.1, -0.05) is 6.07 Å². The first-order valence-corrected chi connectivity index (χ1v) is 4.49. The maximum atomic E-state index is 5.30. The van der Waals surface area contributed by atoms with E-state index in [2.05, 4.69) is 16.3 Å². The molecule has 4 heteroatoms. The summed E-state index contributed by atoms with van der Waals surface area (Å²) >= 11 is 0. The van der Waals surface area contributed by atoms with Crippen molar-refractivity contribution in [3.63, 3.8) is 0 Å². The molecule has 0 fully saturated rings. The summed E-state index contributed by atoms with van der Waals surface area (Å²) in [5.41, 5.74) is 1.67. The van der Waals surface area contributed by atoms with Crippen molar-refractivity contribution in [2.24, 2.45) is 0 Å². The lowest BCUT2D eigenvalue weighted by atomic mass is 10.1. The number of hydrogen-bond acceptors (Lipinski definition) is 3. The number of benzene rings is 1. The molecule has 0 spiro atoms. The van der Waals surface area contributed by atoms with Crippen molar-refractivity contribution in [2.75, 3.05) is 14.2 Å². The van der Waals surface area contributed by atoms with Crippen LogP contribution in [0.3, 0.4) is 0 Å². The zero-order valence-corrected chi connectivity index (χ0v) is 8.57. The van der Waals surface area contributed by atoms with Crippen LogP contribution in [0.1, 0.15) is 0 Å². The third-order valence-electron chi connectivity index (χ3n) is 2.13. The molecule has 0 atom stereocenters. The van der Waals surface area contributed by atoms with Crippen LogP contribution in [0.15, 0.2) is 24.4 Å².